The summed E-state index contributed by atoms with van der Waals surface area (Å²) in [4.78, 5) is 30.5. The van der Waals surface area contributed by atoms with E-state index in [0.29, 0.717) is 0 Å². The van der Waals surface area contributed by atoms with Gasteiger partial charge in [-0.3, -0.25) is 0 Å². The Labute approximate surface area is 250 Å². The van der Waals surface area contributed by atoms with E-state index in [1.165, 1.54) is 14.2 Å². The van der Waals surface area contributed by atoms with Gasteiger partial charge in [0.05, 0.1) is 30.9 Å². The summed E-state index contributed by atoms with van der Waals surface area (Å²) in [5.41, 5.74) is 5.92. The smallest absolute Gasteiger partial charge is 0.355 e. The fraction of sp³-hybridized carbons (Fsp3) is 0.189. The molecule has 0 aromatic heterocycles. The van der Waals surface area contributed by atoms with Crippen molar-refractivity contribution in [3.05, 3.63) is 142 Å². The maximum absolute atomic E-state index is 14.4. The third-order valence-electron chi connectivity index (χ3n) is 9.36. The van der Waals surface area contributed by atoms with Crippen molar-refractivity contribution < 1.29 is 24.2 Å². The Morgan fingerprint density at radius 3 is 1.84 bits per heavy atom. The van der Waals surface area contributed by atoms with Crippen LogP contribution in [0.2, 0.25) is 0 Å². The molecule has 4 aromatic rings. The first-order valence-electron chi connectivity index (χ1n) is 14.3. The topological polar surface area (TPSA) is 76.1 Å². The predicted octanol–water partition coefficient (Wildman–Crippen LogP) is 6.74. The molecule has 4 aromatic carbocycles. The van der Waals surface area contributed by atoms with Gasteiger partial charge >= 0.3 is 11.9 Å². The van der Waals surface area contributed by atoms with Gasteiger partial charge in [0.2, 0.25) is 0 Å². The Bertz CT molecular complexity index is 1840. The maximum Gasteiger partial charge on any atom is 0.355 e. The average Bonchev–Trinajstić information content (AvgIpc) is 3.37. The Morgan fingerprint density at radius 2 is 1.26 bits per heavy atom. The number of hydrogen-bond acceptors (Lipinski definition) is 6. The Kier molecular flexibility index (Phi) is 5.89. The molecule has 0 radical (unpaired) electrons. The number of allylic oxidation sites excluding steroid dienone is 2. The van der Waals surface area contributed by atoms with Crippen LogP contribution in [0.5, 0.6) is 5.75 Å². The summed E-state index contributed by atoms with van der Waals surface area (Å²) in [5.74, 6) is -1.60. The van der Waals surface area contributed by atoms with Gasteiger partial charge in [0.15, 0.2) is 0 Å². The molecule has 2 aliphatic heterocycles. The molecule has 1 atom stereocenters. The van der Waals surface area contributed by atoms with Crippen LogP contribution in [0.4, 0.5) is 5.69 Å². The van der Waals surface area contributed by atoms with Gasteiger partial charge in [-0.1, -0.05) is 98.8 Å². The predicted molar refractivity (Wildman–Crippen MR) is 165 cm³/mol. The minimum atomic E-state index is -1.18. The second kappa shape index (κ2) is 9.46. The zero-order valence-corrected chi connectivity index (χ0v) is 24.4. The Balaban J connectivity index is 1.75. The number of benzene rings is 4. The van der Waals surface area contributed by atoms with Crippen LogP contribution in [0.15, 0.2) is 120 Å². The van der Waals surface area contributed by atoms with E-state index in [2.05, 4.69) is 38.1 Å². The van der Waals surface area contributed by atoms with Crippen molar-refractivity contribution in [2.45, 2.75) is 30.6 Å². The minimum absolute atomic E-state index is 0.131. The lowest BCUT2D eigenvalue weighted by atomic mass is 9.60. The number of hydrogen-bond donors (Lipinski definition) is 1. The van der Waals surface area contributed by atoms with Crippen molar-refractivity contribution in [3.8, 4) is 16.9 Å². The van der Waals surface area contributed by atoms with Crippen molar-refractivity contribution in [2.75, 3.05) is 19.1 Å². The van der Waals surface area contributed by atoms with Gasteiger partial charge in [0.25, 0.3) is 0 Å². The largest absolute Gasteiger partial charge is 0.508 e. The van der Waals surface area contributed by atoms with Gasteiger partial charge in [-0.05, 0) is 51.6 Å². The molecule has 6 nitrogen and oxygen atoms in total. The first-order chi connectivity index (χ1) is 20.8. The first kappa shape index (κ1) is 26.8. The van der Waals surface area contributed by atoms with E-state index >= 15 is 0 Å². The van der Waals surface area contributed by atoms with Crippen LogP contribution >= 0.6 is 0 Å². The second-order valence-corrected chi connectivity index (χ2v) is 11.7. The molecule has 0 saturated carbocycles. The molecule has 214 valence electrons. The number of anilines is 1. The molecule has 6 heteroatoms. The van der Waals surface area contributed by atoms with E-state index < -0.39 is 28.7 Å². The van der Waals surface area contributed by atoms with E-state index in [9.17, 15) is 14.7 Å². The number of phenolic OH excluding ortho intramolecular Hbond substituents is 1. The molecule has 1 unspecified atom stereocenters. The number of para-hydroxylation sites is 1. The summed E-state index contributed by atoms with van der Waals surface area (Å²) in [7, 11) is 2.69. The molecule has 1 spiro atoms. The van der Waals surface area contributed by atoms with Crippen molar-refractivity contribution in [1.82, 2.24) is 0 Å². The highest BCUT2D eigenvalue weighted by atomic mass is 16.5. The van der Waals surface area contributed by atoms with Crippen LogP contribution in [0.25, 0.3) is 11.1 Å². The number of esters is 2. The summed E-state index contributed by atoms with van der Waals surface area (Å²) in [5, 5.41) is 10.3. The van der Waals surface area contributed by atoms with Crippen molar-refractivity contribution in [1.29, 1.82) is 0 Å². The Morgan fingerprint density at radius 1 is 0.721 bits per heavy atom. The van der Waals surface area contributed by atoms with Gasteiger partial charge in [-0.2, -0.15) is 0 Å². The van der Waals surface area contributed by atoms with E-state index in [1.54, 1.807) is 12.1 Å². The number of methoxy groups -OCH3 is 2. The van der Waals surface area contributed by atoms with E-state index in [1.807, 2.05) is 71.6 Å². The normalized spacial score (nSPS) is 18.7. The molecule has 0 saturated heterocycles. The summed E-state index contributed by atoms with van der Waals surface area (Å²) in [6.07, 6.45) is 2.20. The van der Waals surface area contributed by atoms with Crippen molar-refractivity contribution >= 4 is 17.6 Å². The molecule has 1 aliphatic carbocycles. The second-order valence-electron chi connectivity index (χ2n) is 11.7. The zero-order valence-electron chi connectivity index (χ0n) is 24.4. The van der Waals surface area contributed by atoms with Gasteiger partial charge in [0, 0.05) is 17.0 Å². The molecule has 3 aliphatic rings. The molecule has 0 fully saturated rings. The molecule has 7 rings (SSSR count). The fourth-order valence-electron chi connectivity index (χ4n) is 7.56. The van der Waals surface area contributed by atoms with Gasteiger partial charge in [0.1, 0.15) is 11.4 Å². The van der Waals surface area contributed by atoms with Gasteiger partial charge in [-0.15, -0.1) is 0 Å². The number of aromatic hydroxyl groups is 1. The summed E-state index contributed by atoms with van der Waals surface area (Å²) in [6, 6.07) is 31.1. The number of fused-ring (bicyclic) bond motifs is 8. The van der Waals surface area contributed by atoms with Gasteiger partial charge < -0.3 is 19.5 Å². The maximum atomic E-state index is 14.4. The van der Waals surface area contributed by atoms with E-state index in [4.69, 9.17) is 9.47 Å². The fourth-order valence-corrected chi connectivity index (χ4v) is 7.56. The number of ether oxygens (including phenoxy) is 2. The van der Waals surface area contributed by atoms with Crippen LogP contribution in [0, 0.1) is 0 Å². The molecule has 1 N–H and O–H groups in total. The monoisotopic (exact) mass is 569 g/mol. The highest BCUT2D eigenvalue weighted by Crippen LogP contribution is 2.64. The summed E-state index contributed by atoms with van der Waals surface area (Å²) in [6.45, 7) is 4.26. The van der Waals surface area contributed by atoms with E-state index in [0.717, 1.165) is 44.8 Å². The van der Waals surface area contributed by atoms with Crippen molar-refractivity contribution in [3.63, 3.8) is 0 Å². The lowest BCUT2D eigenvalue weighted by Gasteiger charge is -2.40. The first-order valence-corrected chi connectivity index (χ1v) is 14.3. The van der Waals surface area contributed by atoms with Crippen LogP contribution in [-0.4, -0.2) is 31.3 Å². The van der Waals surface area contributed by atoms with Crippen LogP contribution < -0.4 is 4.90 Å². The average molecular weight is 570 g/mol. The SMILES string of the molecule is COC(=O)C1=C(C(=O)OC)C2(c3ccccc3-c3ccccc32)C(c2ccc(O)cc2)C=C2N1c1ccccc1C2(C)C. The Hall–Kier alpha value is -5.10. The lowest BCUT2D eigenvalue weighted by molar-refractivity contribution is -0.140. The minimum Gasteiger partial charge on any atom is -0.508 e. The van der Waals surface area contributed by atoms with Crippen LogP contribution in [0.3, 0.4) is 0 Å². The zero-order chi connectivity index (χ0) is 30.1. The summed E-state index contributed by atoms with van der Waals surface area (Å²) >= 11 is 0. The number of phenols is 1. The van der Waals surface area contributed by atoms with Crippen LogP contribution in [0.1, 0.15) is 42.0 Å². The highest BCUT2D eigenvalue weighted by Gasteiger charge is 2.59. The van der Waals surface area contributed by atoms with Crippen molar-refractivity contribution in [2.24, 2.45) is 0 Å². The molecule has 0 amide bonds. The number of carbonyl (C=O) groups excluding carboxylic acids is 2. The molecule has 2 heterocycles. The third kappa shape index (κ3) is 3.46. The number of carbonyl (C=O) groups is 2. The summed E-state index contributed by atoms with van der Waals surface area (Å²) < 4.78 is 11.1. The lowest BCUT2D eigenvalue weighted by Crippen LogP contribution is -2.41. The number of rotatable bonds is 3. The molecule has 43 heavy (non-hydrogen) atoms. The van der Waals surface area contributed by atoms with Gasteiger partial charge in [-0.25, -0.2) is 9.59 Å². The van der Waals surface area contributed by atoms with E-state index in [-0.39, 0.29) is 17.0 Å². The standard InChI is InChI=1S/C37H31NO5/c1-36(2)28-15-9-10-16-30(28)38-31(36)21-29(22-17-19-23(39)20-18-22)37(32(34(40)42-3)33(38)35(41)43-4)26-13-7-5-11-24(26)25-12-6-8-14-27(25)37/h5-21,29,39H,1-4H3. The molecular weight excluding hydrogens is 538 g/mol. The number of nitrogens with zero attached hydrogens (tertiary/aromatic N) is 1. The third-order valence-corrected chi connectivity index (χ3v) is 9.36. The van der Waals surface area contributed by atoms with Crippen LogP contribution in [-0.2, 0) is 29.9 Å². The highest BCUT2D eigenvalue weighted by molar-refractivity contribution is 6.09. The quantitative estimate of drug-likeness (QED) is 0.276. The molecular formula is C37H31NO5. The molecule has 0 bridgehead atoms.